The lowest BCUT2D eigenvalue weighted by molar-refractivity contribution is -0.384. The Kier molecular flexibility index (Phi) is 7.42. The van der Waals surface area contributed by atoms with Crippen LogP contribution in [0.2, 0.25) is 0 Å². The molecule has 1 aliphatic rings. The third-order valence-electron chi connectivity index (χ3n) is 5.29. The van der Waals surface area contributed by atoms with Gasteiger partial charge in [0.25, 0.3) is 5.69 Å². The molecule has 31 heavy (non-hydrogen) atoms. The number of ether oxygens (including phenoxy) is 1. The van der Waals surface area contributed by atoms with Crippen molar-refractivity contribution >= 4 is 29.0 Å². The maximum absolute atomic E-state index is 12.9. The first-order valence-corrected chi connectivity index (χ1v) is 10.2. The van der Waals surface area contributed by atoms with Gasteiger partial charge < -0.3 is 15.4 Å². The fraction of sp³-hybridized carbons (Fsp3) is 0.364. The number of hydrogen-bond acceptors (Lipinski definition) is 5. The summed E-state index contributed by atoms with van der Waals surface area (Å²) in [6.45, 7) is 0.864. The average molecular weight is 426 g/mol. The van der Waals surface area contributed by atoms with Gasteiger partial charge in [0.05, 0.1) is 12.0 Å². The minimum Gasteiger partial charge on any atom is -0.497 e. The van der Waals surface area contributed by atoms with Crippen LogP contribution in [-0.4, -0.2) is 37.1 Å². The molecule has 0 atom stereocenters. The number of methoxy groups -OCH3 is 1. The number of carbonyl (C=O) groups excluding carboxylic acids is 2. The molecule has 1 aliphatic carbocycles. The molecule has 0 unspecified atom stereocenters. The third-order valence-corrected chi connectivity index (χ3v) is 5.29. The van der Waals surface area contributed by atoms with Gasteiger partial charge in [0.1, 0.15) is 5.75 Å². The van der Waals surface area contributed by atoms with Crippen molar-refractivity contribution in [1.29, 1.82) is 0 Å². The Morgan fingerprint density at radius 3 is 2.35 bits per heavy atom. The second kappa shape index (κ2) is 10.4. The maximum Gasteiger partial charge on any atom is 0.326 e. The van der Waals surface area contributed by atoms with Crippen LogP contribution in [0.1, 0.15) is 25.7 Å². The number of nitrogens with one attached hydrogen (secondary N) is 2. The summed E-state index contributed by atoms with van der Waals surface area (Å²) in [5.41, 5.74) is 1.07. The van der Waals surface area contributed by atoms with Crippen LogP contribution in [0.3, 0.4) is 0 Å². The van der Waals surface area contributed by atoms with Gasteiger partial charge in [-0.05, 0) is 55.7 Å². The van der Waals surface area contributed by atoms with Crippen molar-refractivity contribution in [3.8, 4) is 5.75 Å². The molecule has 0 aromatic heterocycles. The number of non-ortho nitro benzene ring substituents is 1. The van der Waals surface area contributed by atoms with Crippen LogP contribution >= 0.6 is 0 Å². The van der Waals surface area contributed by atoms with E-state index >= 15 is 0 Å². The average Bonchev–Trinajstić information content (AvgIpc) is 2.73. The van der Waals surface area contributed by atoms with Gasteiger partial charge in [0.15, 0.2) is 0 Å². The van der Waals surface area contributed by atoms with Gasteiger partial charge in [-0.1, -0.05) is 6.42 Å². The van der Waals surface area contributed by atoms with E-state index in [1.807, 2.05) is 0 Å². The van der Waals surface area contributed by atoms with E-state index in [2.05, 4.69) is 10.6 Å². The van der Waals surface area contributed by atoms with Crippen LogP contribution in [0.15, 0.2) is 48.5 Å². The Morgan fingerprint density at radius 2 is 1.81 bits per heavy atom. The number of nitrogens with zero attached hydrogens (tertiary/aromatic N) is 2. The number of hydrogen-bond donors (Lipinski definition) is 2. The first-order chi connectivity index (χ1) is 15.0. The monoisotopic (exact) mass is 426 g/mol. The maximum atomic E-state index is 12.9. The van der Waals surface area contributed by atoms with Gasteiger partial charge >= 0.3 is 6.03 Å². The van der Waals surface area contributed by atoms with Crippen molar-refractivity contribution in [2.75, 3.05) is 30.4 Å². The van der Waals surface area contributed by atoms with Crippen LogP contribution in [0.4, 0.5) is 21.9 Å². The summed E-state index contributed by atoms with van der Waals surface area (Å²) in [6, 6.07) is 12.4. The second-order valence-electron chi connectivity index (χ2n) is 7.36. The van der Waals surface area contributed by atoms with Crippen molar-refractivity contribution in [3.63, 3.8) is 0 Å². The molecule has 164 valence electrons. The van der Waals surface area contributed by atoms with Crippen LogP contribution in [0.5, 0.6) is 5.75 Å². The summed E-state index contributed by atoms with van der Waals surface area (Å²) in [7, 11) is 1.57. The molecule has 3 amide bonds. The van der Waals surface area contributed by atoms with E-state index in [-0.39, 0.29) is 23.5 Å². The minimum absolute atomic E-state index is 0.0489. The molecule has 0 aliphatic heterocycles. The Balaban J connectivity index is 1.64. The highest BCUT2D eigenvalue weighted by Gasteiger charge is 2.24. The summed E-state index contributed by atoms with van der Waals surface area (Å²) in [5, 5.41) is 16.5. The molecule has 0 saturated heterocycles. The largest absolute Gasteiger partial charge is 0.497 e. The number of amides is 3. The van der Waals surface area contributed by atoms with E-state index in [0.717, 1.165) is 19.3 Å². The molecule has 2 aromatic rings. The van der Waals surface area contributed by atoms with Crippen LogP contribution in [0.25, 0.3) is 0 Å². The number of nitro groups is 1. The Hall–Kier alpha value is -3.62. The highest BCUT2D eigenvalue weighted by atomic mass is 16.6. The van der Waals surface area contributed by atoms with Gasteiger partial charge in [-0.25, -0.2) is 4.79 Å². The van der Waals surface area contributed by atoms with Crippen LogP contribution in [-0.2, 0) is 4.79 Å². The predicted molar refractivity (Wildman–Crippen MR) is 117 cm³/mol. The molecule has 9 heteroatoms. The van der Waals surface area contributed by atoms with E-state index in [1.54, 1.807) is 36.3 Å². The van der Waals surface area contributed by atoms with Crippen molar-refractivity contribution in [2.45, 2.75) is 25.7 Å². The normalized spacial score (nSPS) is 13.1. The molecular formula is C22H26N4O5. The molecule has 0 spiro atoms. The van der Waals surface area contributed by atoms with Crippen molar-refractivity contribution in [2.24, 2.45) is 5.92 Å². The van der Waals surface area contributed by atoms with Gasteiger partial charge in [-0.15, -0.1) is 0 Å². The van der Waals surface area contributed by atoms with Gasteiger partial charge in [-0.2, -0.15) is 0 Å². The van der Waals surface area contributed by atoms with E-state index in [1.165, 1.54) is 24.3 Å². The molecule has 0 heterocycles. The summed E-state index contributed by atoms with van der Waals surface area (Å²) < 4.78 is 5.18. The number of benzene rings is 2. The predicted octanol–water partition coefficient (Wildman–Crippen LogP) is 3.95. The molecule has 2 aromatic carbocycles. The van der Waals surface area contributed by atoms with Crippen LogP contribution < -0.4 is 20.3 Å². The Labute approximate surface area is 180 Å². The highest BCUT2D eigenvalue weighted by molar-refractivity contribution is 6.01. The molecule has 9 nitrogen and oxygen atoms in total. The Bertz CT molecular complexity index is 911. The molecule has 0 radical (unpaired) electrons. The smallest absolute Gasteiger partial charge is 0.326 e. The molecule has 2 N–H and O–H groups in total. The fourth-order valence-electron chi connectivity index (χ4n) is 3.23. The molecular weight excluding hydrogens is 400 g/mol. The zero-order valence-electron chi connectivity index (χ0n) is 17.4. The summed E-state index contributed by atoms with van der Waals surface area (Å²) in [4.78, 5) is 36.8. The lowest BCUT2D eigenvalue weighted by Gasteiger charge is -2.25. The summed E-state index contributed by atoms with van der Waals surface area (Å²) in [6.07, 6.45) is 3.58. The van der Waals surface area contributed by atoms with Crippen molar-refractivity contribution in [1.82, 2.24) is 5.32 Å². The zero-order valence-corrected chi connectivity index (χ0v) is 17.4. The lowest BCUT2D eigenvalue weighted by Crippen LogP contribution is -2.39. The summed E-state index contributed by atoms with van der Waals surface area (Å²) >= 11 is 0. The number of nitro benzene ring substituents is 1. The molecule has 0 bridgehead atoms. The number of carbonyl (C=O) groups is 2. The van der Waals surface area contributed by atoms with Gasteiger partial charge in [0, 0.05) is 42.5 Å². The molecule has 1 saturated carbocycles. The zero-order chi connectivity index (χ0) is 22.2. The topological polar surface area (TPSA) is 114 Å². The second-order valence-corrected chi connectivity index (χ2v) is 7.36. The van der Waals surface area contributed by atoms with E-state index in [0.29, 0.717) is 36.6 Å². The number of urea groups is 1. The van der Waals surface area contributed by atoms with Crippen LogP contribution in [0, 0.1) is 16.0 Å². The van der Waals surface area contributed by atoms with E-state index < -0.39 is 4.92 Å². The quantitative estimate of drug-likeness (QED) is 0.358. The Morgan fingerprint density at radius 1 is 1.13 bits per heavy atom. The highest BCUT2D eigenvalue weighted by Crippen LogP contribution is 2.26. The molecule has 1 fully saturated rings. The van der Waals surface area contributed by atoms with Gasteiger partial charge in [0.2, 0.25) is 5.91 Å². The first-order valence-electron chi connectivity index (χ1n) is 10.2. The van der Waals surface area contributed by atoms with Crippen molar-refractivity contribution in [3.05, 3.63) is 58.6 Å². The fourth-order valence-corrected chi connectivity index (χ4v) is 3.23. The van der Waals surface area contributed by atoms with Crippen molar-refractivity contribution < 1.29 is 19.2 Å². The first kappa shape index (κ1) is 22.1. The number of rotatable bonds is 9. The molecule has 3 rings (SSSR count). The number of anilines is 2. The van der Waals surface area contributed by atoms with E-state index in [9.17, 15) is 19.7 Å². The summed E-state index contributed by atoms with van der Waals surface area (Å²) in [5.74, 6) is 0.882. The lowest BCUT2D eigenvalue weighted by atomic mass is 9.85. The van der Waals surface area contributed by atoms with Gasteiger partial charge in [-0.3, -0.25) is 19.8 Å². The van der Waals surface area contributed by atoms with E-state index in [4.69, 9.17) is 4.74 Å². The minimum atomic E-state index is -0.493. The standard InChI is InChI=1S/C22H26N4O5/c1-31-20-12-10-18(11-13-20)25(15-3-14-23-21(27)16-4-2-5-16)22(28)24-17-6-8-19(9-7-17)26(29)30/h6-13,16H,2-5,14-15H2,1H3,(H,23,27)(H,24,28). The SMILES string of the molecule is COc1ccc(N(CCCNC(=O)C2CCC2)C(=O)Nc2ccc([N+](=O)[O-])cc2)cc1. The third kappa shape index (κ3) is 5.94.